The molecule has 23 heavy (non-hydrogen) atoms. The van der Waals surface area contributed by atoms with Gasteiger partial charge in [-0.3, -0.25) is 9.69 Å². The average molecular weight is 353 g/mol. The fourth-order valence-corrected chi connectivity index (χ4v) is 3.51. The van der Waals surface area contributed by atoms with Gasteiger partial charge in [0.1, 0.15) is 10.4 Å². The highest BCUT2D eigenvalue weighted by atomic mass is 32.2. The second-order valence-corrected chi connectivity index (χ2v) is 6.42. The molecule has 0 spiro atoms. The second kappa shape index (κ2) is 7.01. The third kappa shape index (κ3) is 3.48. The third-order valence-electron chi connectivity index (χ3n) is 3.31. The van der Waals surface area contributed by atoms with Crippen LogP contribution in [0.3, 0.4) is 0 Å². The zero-order valence-corrected chi connectivity index (χ0v) is 14.1. The van der Waals surface area contributed by atoms with Gasteiger partial charge < -0.3 is 14.9 Å². The van der Waals surface area contributed by atoms with Crippen LogP contribution in [0.1, 0.15) is 18.9 Å². The summed E-state index contributed by atoms with van der Waals surface area (Å²) in [5, 5.41) is 18.8. The van der Waals surface area contributed by atoms with Gasteiger partial charge in [0.15, 0.2) is 11.5 Å². The number of carboxylic acids is 1. The number of hydrogen-bond donors (Lipinski definition) is 2. The molecule has 1 amide bonds. The number of ether oxygens (including phenoxy) is 1. The molecule has 1 heterocycles. The first-order valence-electron chi connectivity index (χ1n) is 6.76. The normalized spacial score (nSPS) is 17.7. The Hall–Kier alpha value is -2.06. The molecule has 8 heteroatoms. The van der Waals surface area contributed by atoms with Crippen molar-refractivity contribution >= 4 is 46.3 Å². The lowest BCUT2D eigenvalue weighted by Crippen LogP contribution is -2.43. The van der Waals surface area contributed by atoms with Crippen LogP contribution >= 0.6 is 24.0 Å². The number of benzene rings is 1. The topological polar surface area (TPSA) is 87.1 Å². The fraction of sp³-hybridized carbons (Fsp3) is 0.267. The van der Waals surface area contributed by atoms with Crippen molar-refractivity contribution in [3.8, 4) is 11.5 Å². The first-order chi connectivity index (χ1) is 10.9. The highest BCUT2D eigenvalue weighted by Crippen LogP contribution is 2.35. The number of phenols is 1. The molecular weight excluding hydrogens is 338 g/mol. The van der Waals surface area contributed by atoms with Crippen molar-refractivity contribution in [1.29, 1.82) is 0 Å². The number of carbonyl (C=O) groups excluding carboxylic acids is 1. The Morgan fingerprint density at radius 1 is 1.52 bits per heavy atom. The van der Waals surface area contributed by atoms with Gasteiger partial charge in [-0.2, -0.15) is 0 Å². The number of thioether (sulfide) groups is 1. The number of hydrogen-bond acceptors (Lipinski definition) is 6. The maximum atomic E-state index is 12.5. The van der Waals surface area contributed by atoms with Crippen molar-refractivity contribution in [3.05, 3.63) is 28.7 Å². The largest absolute Gasteiger partial charge is 0.504 e. The number of nitrogens with zero attached hydrogens (tertiary/aromatic N) is 1. The summed E-state index contributed by atoms with van der Waals surface area (Å²) in [5.41, 5.74) is 0.642. The standard InChI is InChI=1S/C15H15NO5S2/c1-3-9(14(19)20)16-13(18)12(23-15(16)22)7-8-4-5-10(17)11(6-8)21-2/h4-7,9,17H,3H2,1-2H3,(H,19,20)/b12-7-/t9-/m0/s1. The molecule has 1 fully saturated rings. The van der Waals surface area contributed by atoms with Crippen LogP contribution in [0.4, 0.5) is 0 Å². The highest BCUT2D eigenvalue weighted by molar-refractivity contribution is 8.26. The summed E-state index contributed by atoms with van der Waals surface area (Å²) < 4.78 is 5.24. The summed E-state index contributed by atoms with van der Waals surface area (Å²) in [6.45, 7) is 1.69. The number of carboxylic acid groups (broad SMARTS) is 1. The Balaban J connectivity index is 2.33. The lowest BCUT2D eigenvalue weighted by atomic mass is 10.1. The first kappa shape index (κ1) is 17.3. The zero-order chi connectivity index (χ0) is 17.1. The number of thiocarbonyl (C=S) groups is 1. The zero-order valence-electron chi connectivity index (χ0n) is 12.5. The van der Waals surface area contributed by atoms with Gasteiger partial charge in [0, 0.05) is 0 Å². The minimum absolute atomic E-state index is 0.00544. The van der Waals surface area contributed by atoms with Crippen LogP contribution in [-0.4, -0.2) is 44.5 Å². The van der Waals surface area contributed by atoms with E-state index in [1.165, 1.54) is 13.2 Å². The van der Waals surface area contributed by atoms with E-state index in [0.29, 0.717) is 10.5 Å². The van der Waals surface area contributed by atoms with Crippen molar-refractivity contribution in [1.82, 2.24) is 4.90 Å². The Morgan fingerprint density at radius 2 is 2.22 bits per heavy atom. The lowest BCUT2D eigenvalue weighted by molar-refractivity contribution is -0.145. The van der Waals surface area contributed by atoms with E-state index >= 15 is 0 Å². The van der Waals surface area contributed by atoms with E-state index in [1.807, 2.05) is 0 Å². The highest BCUT2D eigenvalue weighted by Gasteiger charge is 2.39. The Kier molecular flexibility index (Phi) is 5.27. The van der Waals surface area contributed by atoms with Crippen LogP contribution in [0.25, 0.3) is 6.08 Å². The SMILES string of the molecule is CC[C@@H](C(=O)O)N1C(=O)/C(=C/c2ccc(O)c(OC)c2)SC1=S. The van der Waals surface area contributed by atoms with Gasteiger partial charge in [0.05, 0.1) is 12.0 Å². The number of rotatable bonds is 5. The van der Waals surface area contributed by atoms with E-state index < -0.39 is 17.9 Å². The molecule has 2 N–H and O–H groups in total. The van der Waals surface area contributed by atoms with E-state index in [0.717, 1.165) is 16.7 Å². The summed E-state index contributed by atoms with van der Waals surface area (Å²) in [6.07, 6.45) is 1.86. The summed E-state index contributed by atoms with van der Waals surface area (Å²) in [7, 11) is 1.43. The van der Waals surface area contributed by atoms with Crippen LogP contribution < -0.4 is 4.74 Å². The first-order valence-corrected chi connectivity index (χ1v) is 7.98. The van der Waals surface area contributed by atoms with Crippen LogP contribution in [0.5, 0.6) is 11.5 Å². The minimum Gasteiger partial charge on any atom is -0.504 e. The van der Waals surface area contributed by atoms with Crippen molar-refractivity contribution in [2.75, 3.05) is 7.11 Å². The third-order valence-corrected chi connectivity index (χ3v) is 4.64. The van der Waals surface area contributed by atoms with Gasteiger partial charge in [-0.15, -0.1) is 0 Å². The van der Waals surface area contributed by atoms with Gasteiger partial charge in [-0.05, 0) is 30.2 Å². The predicted octanol–water partition coefficient (Wildman–Crippen LogP) is 2.47. The molecule has 1 aromatic rings. The molecule has 122 valence electrons. The Bertz CT molecular complexity index is 701. The van der Waals surface area contributed by atoms with Crippen molar-refractivity contribution in [2.45, 2.75) is 19.4 Å². The molecule has 1 aromatic carbocycles. The molecule has 1 atom stereocenters. The number of amides is 1. The molecule has 1 saturated heterocycles. The van der Waals surface area contributed by atoms with Crippen LogP contribution in [0.2, 0.25) is 0 Å². The molecule has 0 aromatic heterocycles. The van der Waals surface area contributed by atoms with E-state index in [4.69, 9.17) is 17.0 Å². The molecule has 0 radical (unpaired) electrons. The molecular formula is C15H15NO5S2. The van der Waals surface area contributed by atoms with Crippen LogP contribution in [-0.2, 0) is 9.59 Å². The molecule has 0 bridgehead atoms. The smallest absolute Gasteiger partial charge is 0.326 e. The number of aliphatic carboxylic acids is 1. The number of aromatic hydroxyl groups is 1. The summed E-state index contributed by atoms with van der Waals surface area (Å²) >= 11 is 6.20. The lowest BCUT2D eigenvalue weighted by Gasteiger charge is -2.21. The molecule has 2 rings (SSSR count). The van der Waals surface area contributed by atoms with Crippen LogP contribution in [0, 0.1) is 0 Å². The summed E-state index contributed by atoms with van der Waals surface area (Å²) in [4.78, 5) is 25.2. The molecule has 0 aliphatic carbocycles. The average Bonchev–Trinajstić information content (AvgIpc) is 2.77. The van der Waals surface area contributed by atoms with Crippen LogP contribution in [0.15, 0.2) is 23.1 Å². The Labute approximate surface area is 142 Å². The van der Waals surface area contributed by atoms with Gasteiger partial charge in [0.2, 0.25) is 0 Å². The maximum Gasteiger partial charge on any atom is 0.326 e. The second-order valence-electron chi connectivity index (χ2n) is 4.75. The van der Waals surface area contributed by atoms with E-state index in [-0.39, 0.29) is 22.2 Å². The van der Waals surface area contributed by atoms with E-state index in [2.05, 4.69) is 0 Å². The molecule has 1 aliphatic rings. The van der Waals surface area contributed by atoms with E-state index in [9.17, 15) is 19.8 Å². The van der Waals surface area contributed by atoms with E-state index in [1.54, 1.807) is 25.1 Å². The number of carbonyl (C=O) groups is 2. The number of methoxy groups -OCH3 is 1. The monoisotopic (exact) mass is 353 g/mol. The van der Waals surface area contributed by atoms with Gasteiger partial charge >= 0.3 is 5.97 Å². The van der Waals surface area contributed by atoms with Crippen molar-refractivity contribution < 1.29 is 24.5 Å². The maximum absolute atomic E-state index is 12.5. The van der Waals surface area contributed by atoms with Gasteiger partial charge in [-0.25, -0.2) is 4.79 Å². The quantitative estimate of drug-likeness (QED) is 0.621. The molecule has 0 saturated carbocycles. The fourth-order valence-electron chi connectivity index (χ4n) is 2.15. The molecule has 1 aliphatic heterocycles. The Morgan fingerprint density at radius 3 is 2.78 bits per heavy atom. The molecule has 6 nitrogen and oxygen atoms in total. The summed E-state index contributed by atoms with van der Waals surface area (Å²) in [6, 6.07) is 3.69. The van der Waals surface area contributed by atoms with Gasteiger partial charge in [-0.1, -0.05) is 37.0 Å². The van der Waals surface area contributed by atoms with Gasteiger partial charge in [0.25, 0.3) is 5.91 Å². The summed E-state index contributed by atoms with van der Waals surface area (Å²) in [5.74, 6) is -1.24. The molecule has 0 unspecified atom stereocenters. The van der Waals surface area contributed by atoms with Crippen molar-refractivity contribution in [3.63, 3.8) is 0 Å². The predicted molar refractivity (Wildman–Crippen MR) is 91.4 cm³/mol. The number of phenolic OH excluding ortho intramolecular Hbond substituents is 1. The minimum atomic E-state index is -1.09. The van der Waals surface area contributed by atoms with Crippen molar-refractivity contribution in [2.24, 2.45) is 0 Å².